The van der Waals surface area contributed by atoms with Crippen LogP contribution in [0.5, 0.6) is 0 Å². The van der Waals surface area contributed by atoms with Gasteiger partial charge < -0.3 is 20.3 Å². The maximum Gasteiger partial charge on any atom is 0.341 e. The Balaban J connectivity index is 1.84. The van der Waals surface area contributed by atoms with Gasteiger partial charge in [0, 0.05) is 18.8 Å². The van der Waals surface area contributed by atoms with E-state index in [1.165, 1.54) is 12.6 Å². The number of fused-ring (bicyclic) bond motifs is 1. The lowest BCUT2D eigenvalue weighted by atomic mass is 10.1. The summed E-state index contributed by atoms with van der Waals surface area (Å²) in [5.41, 5.74) is 3.00. The molecule has 154 valence electrons. The number of carbonyl (C=O) groups excluding carboxylic acids is 3. The maximum absolute atomic E-state index is 12.8. The van der Waals surface area contributed by atoms with E-state index >= 15 is 0 Å². The zero-order valence-electron chi connectivity index (χ0n) is 17.0. The quantitative estimate of drug-likeness (QED) is 0.708. The van der Waals surface area contributed by atoms with E-state index in [1.54, 1.807) is 13.8 Å². The zero-order chi connectivity index (χ0) is 21.1. The number of thiophene rings is 1. The van der Waals surface area contributed by atoms with Crippen molar-refractivity contribution < 1.29 is 19.1 Å². The van der Waals surface area contributed by atoms with E-state index in [4.69, 9.17) is 4.74 Å². The molecule has 29 heavy (non-hydrogen) atoms. The van der Waals surface area contributed by atoms with Crippen LogP contribution in [0.3, 0.4) is 0 Å². The average Bonchev–Trinajstić information content (AvgIpc) is 3.18. The van der Waals surface area contributed by atoms with Crippen molar-refractivity contribution in [3.63, 3.8) is 0 Å². The first-order chi connectivity index (χ1) is 13.9. The van der Waals surface area contributed by atoms with Crippen molar-refractivity contribution >= 4 is 39.8 Å². The third kappa shape index (κ3) is 4.12. The fourth-order valence-corrected chi connectivity index (χ4v) is 4.73. The Bertz CT molecular complexity index is 953. The highest BCUT2D eigenvalue weighted by Crippen LogP contribution is 2.35. The summed E-state index contributed by atoms with van der Waals surface area (Å²) in [5, 5.41) is 5.72. The Morgan fingerprint density at radius 3 is 2.69 bits per heavy atom. The highest BCUT2D eigenvalue weighted by atomic mass is 32.1. The molecule has 0 saturated heterocycles. The Kier molecular flexibility index (Phi) is 6.22. The van der Waals surface area contributed by atoms with E-state index in [2.05, 4.69) is 28.5 Å². The summed E-state index contributed by atoms with van der Waals surface area (Å²) < 4.78 is 5.13. The third-order valence-electron chi connectivity index (χ3n) is 4.97. The normalized spacial score (nSPS) is 15.0. The molecular weight excluding hydrogens is 390 g/mol. The molecule has 2 heterocycles. The molecule has 0 fully saturated rings. The molecule has 1 aliphatic heterocycles. The van der Waals surface area contributed by atoms with Crippen LogP contribution in [0.25, 0.3) is 0 Å². The fourth-order valence-electron chi connectivity index (χ4n) is 3.57. The number of benzene rings is 1. The van der Waals surface area contributed by atoms with Crippen LogP contribution in [0.15, 0.2) is 24.3 Å². The highest BCUT2D eigenvalue weighted by molar-refractivity contribution is 7.18. The molecule has 0 saturated carbocycles. The van der Waals surface area contributed by atoms with Crippen molar-refractivity contribution in [2.75, 3.05) is 30.4 Å². The Hall–Kier alpha value is -2.87. The SMILES string of the molecule is CCOC(=O)c1c(NC(=O)CN2c3ccccc3C[C@H]2C)sc(C(=O)NC)c1C. The number of ether oxygens (including phenoxy) is 1. The van der Waals surface area contributed by atoms with Gasteiger partial charge in [0.2, 0.25) is 5.91 Å². The van der Waals surface area contributed by atoms with Crippen molar-refractivity contribution in [2.24, 2.45) is 0 Å². The van der Waals surface area contributed by atoms with Gasteiger partial charge in [-0.15, -0.1) is 11.3 Å². The summed E-state index contributed by atoms with van der Waals surface area (Å²) in [4.78, 5) is 39.8. The van der Waals surface area contributed by atoms with Crippen molar-refractivity contribution in [1.29, 1.82) is 0 Å². The molecule has 2 N–H and O–H groups in total. The number of hydrogen-bond donors (Lipinski definition) is 2. The van der Waals surface area contributed by atoms with Crippen LogP contribution in [-0.2, 0) is 16.0 Å². The summed E-state index contributed by atoms with van der Waals surface area (Å²) in [5.74, 6) is -1.10. The number of carbonyl (C=O) groups is 3. The second kappa shape index (κ2) is 8.65. The summed E-state index contributed by atoms with van der Waals surface area (Å²) in [6, 6.07) is 8.24. The van der Waals surface area contributed by atoms with Crippen LogP contribution in [-0.4, -0.2) is 44.0 Å². The predicted octanol–water partition coefficient (Wildman–Crippen LogP) is 2.98. The summed E-state index contributed by atoms with van der Waals surface area (Å²) in [6.45, 7) is 5.84. The number of rotatable bonds is 6. The first-order valence-electron chi connectivity index (χ1n) is 9.54. The minimum absolute atomic E-state index is 0.159. The van der Waals surface area contributed by atoms with Gasteiger partial charge in [-0.2, -0.15) is 0 Å². The van der Waals surface area contributed by atoms with Gasteiger partial charge in [0.15, 0.2) is 0 Å². The van der Waals surface area contributed by atoms with Crippen molar-refractivity contribution in [2.45, 2.75) is 33.2 Å². The second-order valence-corrected chi connectivity index (χ2v) is 7.94. The molecule has 7 nitrogen and oxygen atoms in total. The van der Waals surface area contributed by atoms with E-state index in [1.807, 2.05) is 18.2 Å². The molecule has 0 unspecified atom stereocenters. The zero-order valence-corrected chi connectivity index (χ0v) is 17.8. The molecule has 1 aliphatic rings. The average molecular weight is 416 g/mol. The van der Waals surface area contributed by atoms with Crippen molar-refractivity contribution in [3.05, 3.63) is 45.8 Å². The number of esters is 1. The molecule has 1 aromatic heterocycles. The van der Waals surface area contributed by atoms with Gasteiger partial charge in [0.1, 0.15) is 5.00 Å². The lowest BCUT2D eigenvalue weighted by Crippen LogP contribution is -2.37. The number of hydrogen-bond acceptors (Lipinski definition) is 6. The Morgan fingerprint density at radius 2 is 2.00 bits per heavy atom. The molecule has 1 aromatic carbocycles. The number of amides is 2. The van der Waals surface area contributed by atoms with Gasteiger partial charge in [0.25, 0.3) is 5.91 Å². The van der Waals surface area contributed by atoms with Gasteiger partial charge in [0.05, 0.1) is 23.6 Å². The molecule has 2 amide bonds. The van der Waals surface area contributed by atoms with E-state index in [0.717, 1.165) is 23.4 Å². The summed E-state index contributed by atoms with van der Waals surface area (Å²) in [7, 11) is 1.52. The predicted molar refractivity (Wildman–Crippen MR) is 114 cm³/mol. The number of nitrogens with zero attached hydrogens (tertiary/aromatic N) is 1. The summed E-state index contributed by atoms with van der Waals surface area (Å²) >= 11 is 1.08. The molecule has 0 spiro atoms. The first-order valence-corrected chi connectivity index (χ1v) is 10.4. The maximum atomic E-state index is 12.8. The van der Waals surface area contributed by atoms with E-state index in [9.17, 15) is 14.4 Å². The Morgan fingerprint density at radius 1 is 1.28 bits per heavy atom. The smallest absolute Gasteiger partial charge is 0.341 e. The largest absolute Gasteiger partial charge is 0.462 e. The summed E-state index contributed by atoms with van der Waals surface area (Å²) in [6.07, 6.45) is 0.885. The van der Waals surface area contributed by atoms with Crippen LogP contribution in [0.2, 0.25) is 0 Å². The third-order valence-corrected chi connectivity index (χ3v) is 6.18. The second-order valence-electron chi connectivity index (χ2n) is 6.92. The molecule has 0 radical (unpaired) electrons. The minimum Gasteiger partial charge on any atom is -0.462 e. The van der Waals surface area contributed by atoms with Gasteiger partial charge in [-0.25, -0.2) is 4.79 Å². The van der Waals surface area contributed by atoms with Crippen LogP contribution < -0.4 is 15.5 Å². The molecule has 0 aliphatic carbocycles. The van der Waals surface area contributed by atoms with Gasteiger partial charge in [-0.05, 0) is 44.4 Å². The number of nitrogens with one attached hydrogen (secondary N) is 2. The minimum atomic E-state index is -0.549. The van der Waals surface area contributed by atoms with Gasteiger partial charge >= 0.3 is 5.97 Å². The molecule has 3 rings (SSSR count). The molecular formula is C21H25N3O4S. The highest BCUT2D eigenvalue weighted by Gasteiger charge is 2.29. The van der Waals surface area contributed by atoms with E-state index in [-0.39, 0.29) is 36.6 Å². The lowest BCUT2D eigenvalue weighted by molar-refractivity contribution is -0.115. The molecule has 1 atom stereocenters. The fraction of sp³-hybridized carbons (Fsp3) is 0.381. The number of para-hydroxylation sites is 1. The first kappa shape index (κ1) is 20.9. The standard InChI is InChI=1S/C21H25N3O4S/c1-5-28-21(27)17-13(3)18(19(26)22-4)29-20(17)23-16(25)11-24-12(2)10-14-8-6-7-9-15(14)24/h6-9,12H,5,10-11H2,1-4H3,(H,22,26)(H,23,25)/t12-/m1/s1. The number of anilines is 2. The van der Waals surface area contributed by atoms with Crippen LogP contribution in [0.4, 0.5) is 10.7 Å². The Labute approximate surface area is 174 Å². The van der Waals surface area contributed by atoms with Crippen LogP contribution in [0, 0.1) is 6.92 Å². The van der Waals surface area contributed by atoms with Crippen molar-refractivity contribution in [1.82, 2.24) is 5.32 Å². The van der Waals surface area contributed by atoms with Gasteiger partial charge in [-0.1, -0.05) is 18.2 Å². The molecule has 2 aromatic rings. The van der Waals surface area contributed by atoms with Crippen molar-refractivity contribution in [3.8, 4) is 0 Å². The topological polar surface area (TPSA) is 87.7 Å². The monoisotopic (exact) mass is 415 g/mol. The van der Waals surface area contributed by atoms with Gasteiger partial charge in [-0.3, -0.25) is 9.59 Å². The lowest BCUT2D eigenvalue weighted by Gasteiger charge is -2.24. The van der Waals surface area contributed by atoms with Crippen LogP contribution >= 0.6 is 11.3 Å². The van der Waals surface area contributed by atoms with E-state index < -0.39 is 5.97 Å². The van der Waals surface area contributed by atoms with E-state index in [0.29, 0.717) is 15.4 Å². The molecule has 0 bridgehead atoms. The molecule has 8 heteroatoms. The van der Waals surface area contributed by atoms with Crippen LogP contribution in [0.1, 0.15) is 45.0 Å².